The number of carbonyl (C=O) groups is 2. The van der Waals surface area contributed by atoms with E-state index in [4.69, 9.17) is 11.6 Å². The van der Waals surface area contributed by atoms with Crippen molar-refractivity contribution >= 4 is 29.1 Å². The van der Waals surface area contributed by atoms with Gasteiger partial charge in [0.1, 0.15) is 6.04 Å². The van der Waals surface area contributed by atoms with Gasteiger partial charge in [0.05, 0.1) is 21.1 Å². The molecule has 172 valence electrons. The summed E-state index contributed by atoms with van der Waals surface area (Å²) in [5, 5.41) is 15.9. The minimum Gasteiger partial charge on any atom is -0.354 e. The fraction of sp³-hybridized carbons (Fsp3) is 0.333. The first-order valence-electron chi connectivity index (χ1n) is 9.58. The molecular formula is C21H21ClF3N3O4. The van der Waals surface area contributed by atoms with Gasteiger partial charge >= 0.3 is 6.18 Å². The summed E-state index contributed by atoms with van der Waals surface area (Å²) in [4.78, 5) is 35.2. The predicted molar refractivity (Wildman–Crippen MR) is 112 cm³/mol. The molecular weight excluding hydrogens is 451 g/mol. The number of non-ortho nitro benzene ring substituents is 1. The Bertz CT molecular complexity index is 995. The van der Waals surface area contributed by atoms with Gasteiger partial charge < -0.3 is 10.6 Å². The number of hydrogen-bond donors (Lipinski definition) is 2. The molecule has 32 heavy (non-hydrogen) atoms. The molecule has 2 aromatic rings. The maximum Gasteiger partial charge on any atom is 0.416 e. The molecule has 2 aromatic carbocycles. The van der Waals surface area contributed by atoms with Gasteiger partial charge in [-0.2, -0.15) is 13.2 Å². The van der Waals surface area contributed by atoms with Gasteiger partial charge in [0.2, 0.25) is 5.91 Å². The van der Waals surface area contributed by atoms with Crippen molar-refractivity contribution in [3.8, 4) is 0 Å². The van der Waals surface area contributed by atoms with E-state index in [2.05, 4.69) is 10.6 Å². The minimum atomic E-state index is -4.41. The van der Waals surface area contributed by atoms with Gasteiger partial charge in [-0.15, -0.1) is 0 Å². The van der Waals surface area contributed by atoms with E-state index in [1.807, 2.05) is 0 Å². The summed E-state index contributed by atoms with van der Waals surface area (Å²) in [6.07, 6.45) is -4.11. The largest absolute Gasteiger partial charge is 0.416 e. The van der Waals surface area contributed by atoms with E-state index in [9.17, 15) is 32.9 Å². The summed E-state index contributed by atoms with van der Waals surface area (Å²) >= 11 is 5.97. The third-order valence-electron chi connectivity index (χ3n) is 4.64. The van der Waals surface area contributed by atoms with Gasteiger partial charge in [-0.1, -0.05) is 37.6 Å². The highest BCUT2D eigenvalue weighted by molar-refractivity contribution is 6.34. The molecule has 0 radical (unpaired) electrons. The standard InChI is InChI=1S/C21H21ClF3N3O4/c1-12(2)18(27-19(29)16-8-7-15(28(31)32)11-17(16)22)20(30)26-10-9-13-3-5-14(6-4-13)21(23,24)25/h3-8,11-12,18H,9-10H2,1-2H3,(H,26,30)(H,27,29)/t18-/m0/s1. The number of alkyl halides is 3. The highest BCUT2D eigenvalue weighted by Gasteiger charge is 2.30. The third kappa shape index (κ3) is 6.68. The Kier molecular flexibility index (Phi) is 8.20. The molecule has 0 aromatic heterocycles. The number of rotatable bonds is 8. The van der Waals surface area contributed by atoms with Crippen LogP contribution in [0.5, 0.6) is 0 Å². The highest BCUT2D eigenvalue weighted by atomic mass is 35.5. The Labute approximate surface area is 187 Å². The van der Waals surface area contributed by atoms with Crippen LogP contribution in [0.4, 0.5) is 18.9 Å². The van der Waals surface area contributed by atoms with Crippen molar-refractivity contribution < 1.29 is 27.7 Å². The second-order valence-corrected chi connectivity index (χ2v) is 7.76. The van der Waals surface area contributed by atoms with E-state index in [1.54, 1.807) is 13.8 Å². The zero-order chi connectivity index (χ0) is 24.1. The van der Waals surface area contributed by atoms with Gasteiger partial charge in [0.25, 0.3) is 11.6 Å². The van der Waals surface area contributed by atoms with E-state index < -0.39 is 34.5 Å². The van der Waals surface area contributed by atoms with Crippen LogP contribution < -0.4 is 10.6 Å². The van der Waals surface area contributed by atoms with Crippen molar-refractivity contribution in [1.29, 1.82) is 0 Å². The molecule has 0 fully saturated rings. The first kappa shape index (κ1) is 25.1. The van der Waals surface area contributed by atoms with Gasteiger partial charge in [-0.25, -0.2) is 0 Å². The number of halogens is 4. The van der Waals surface area contributed by atoms with E-state index in [1.165, 1.54) is 18.2 Å². The molecule has 0 spiro atoms. The van der Waals surface area contributed by atoms with Crippen molar-refractivity contribution in [2.75, 3.05) is 6.54 Å². The zero-order valence-electron chi connectivity index (χ0n) is 17.2. The Hall–Kier alpha value is -3.14. The highest BCUT2D eigenvalue weighted by Crippen LogP contribution is 2.29. The first-order valence-corrected chi connectivity index (χ1v) is 9.96. The summed E-state index contributed by atoms with van der Waals surface area (Å²) in [5.74, 6) is -1.43. The summed E-state index contributed by atoms with van der Waals surface area (Å²) in [6.45, 7) is 3.59. The fourth-order valence-corrected chi connectivity index (χ4v) is 3.12. The van der Waals surface area contributed by atoms with Gasteiger partial charge in [0.15, 0.2) is 0 Å². The van der Waals surface area contributed by atoms with Crippen LogP contribution in [0.1, 0.15) is 35.3 Å². The SMILES string of the molecule is CC(C)[C@H](NC(=O)c1ccc([N+](=O)[O-])cc1Cl)C(=O)NCCc1ccc(C(F)(F)F)cc1. The monoisotopic (exact) mass is 471 g/mol. The molecule has 0 saturated heterocycles. The summed E-state index contributed by atoms with van der Waals surface area (Å²) in [7, 11) is 0. The molecule has 2 amide bonds. The molecule has 0 heterocycles. The van der Waals surface area contributed by atoms with Crippen LogP contribution in [0.2, 0.25) is 5.02 Å². The molecule has 0 bridgehead atoms. The van der Waals surface area contributed by atoms with Crippen LogP contribution in [0.25, 0.3) is 0 Å². The third-order valence-corrected chi connectivity index (χ3v) is 4.95. The molecule has 1 atom stereocenters. The molecule has 2 rings (SSSR count). The van der Waals surface area contributed by atoms with Crippen LogP contribution in [0.3, 0.4) is 0 Å². The fourth-order valence-electron chi connectivity index (χ4n) is 2.86. The number of benzene rings is 2. The first-order chi connectivity index (χ1) is 14.9. The van der Waals surface area contributed by atoms with Gasteiger partial charge in [-0.05, 0) is 36.1 Å². The number of amides is 2. The van der Waals surface area contributed by atoms with E-state index in [0.717, 1.165) is 24.3 Å². The van der Waals surface area contributed by atoms with Crippen LogP contribution in [-0.4, -0.2) is 29.3 Å². The number of nitrogens with one attached hydrogen (secondary N) is 2. The second-order valence-electron chi connectivity index (χ2n) is 7.35. The summed E-state index contributed by atoms with van der Waals surface area (Å²) in [5.41, 5.74) is -0.424. The van der Waals surface area contributed by atoms with E-state index in [0.29, 0.717) is 12.0 Å². The lowest BCUT2D eigenvalue weighted by molar-refractivity contribution is -0.384. The predicted octanol–water partition coefficient (Wildman–Crippen LogP) is 4.38. The Balaban J connectivity index is 1.97. The van der Waals surface area contributed by atoms with Crippen molar-refractivity contribution in [3.05, 3.63) is 74.3 Å². The lowest BCUT2D eigenvalue weighted by Crippen LogP contribution is -2.50. The molecule has 2 N–H and O–H groups in total. The molecule has 0 unspecified atom stereocenters. The van der Waals surface area contributed by atoms with Crippen molar-refractivity contribution in [3.63, 3.8) is 0 Å². The van der Waals surface area contributed by atoms with Crippen LogP contribution in [-0.2, 0) is 17.4 Å². The van der Waals surface area contributed by atoms with Crippen molar-refractivity contribution in [2.45, 2.75) is 32.5 Å². The van der Waals surface area contributed by atoms with Crippen molar-refractivity contribution in [1.82, 2.24) is 10.6 Å². The van der Waals surface area contributed by atoms with Crippen molar-refractivity contribution in [2.24, 2.45) is 5.92 Å². The maximum atomic E-state index is 12.6. The molecule has 0 aliphatic carbocycles. The molecule has 7 nitrogen and oxygen atoms in total. The Morgan fingerprint density at radius 2 is 1.75 bits per heavy atom. The quantitative estimate of drug-likeness (QED) is 0.440. The van der Waals surface area contributed by atoms with E-state index >= 15 is 0 Å². The van der Waals surface area contributed by atoms with Gasteiger partial charge in [-0.3, -0.25) is 19.7 Å². The number of nitro benzene ring substituents is 1. The zero-order valence-corrected chi connectivity index (χ0v) is 18.0. The smallest absolute Gasteiger partial charge is 0.354 e. The summed E-state index contributed by atoms with van der Waals surface area (Å²) in [6, 6.07) is 7.10. The number of hydrogen-bond acceptors (Lipinski definition) is 4. The molecule has 0 aliphatic rings. The average molecular weight is 472 g/mol. The van der Waals surface area contributed by atoms with Crippen LogP contribution >= 0.6 is 11.6 Å². The normalized spacial score (nSPS) is 12.3. The lowest BCUT2D eigenvalue weighted by atomic mass is 10.0. The Morgan fingerprint density at radius 3 is 2.25 bits per heavy atom. The number of carbonyl (C=O) groups excluding carboxylic acids is 2. The second kappa shape index (κ2) is 10.4. The molecule has 0 aliphatic heterocycles. The lowest BCUT2D eigenvalue weighted by Gasteiger charge is -2.22. The minimum absolute atomic E-state index is 0.0135. The maximum absolute atomic E-state index is 12.6. The average Bonchev–Trinajstić information content (AvgIpc) is 2.71. The van der Waals surface area contributed by atoms with Crippen LogP contribution in [0, 0.1) is 16.0 Å². The molecule has 11 heteroatoms. The molecule has 0 saturated carbocycles. The van der Waals surface area contributed by atoms with Gasteiger partial charge in [0, 0.05) is 18.7 Å². The Morgan fingerprint density at radius 1 is 1.12 bits per heavy atom. The van der Waals surface area contributed by atoms with Crippen LogP contribution in [0.15, 0.2) is 42.5 Å². The summed E-state index contributed by atoms with van der Waals surface area (Å²) < 4.78 is 37.9. The van der Waals surface area contributed by atoms with E-state index in [-0.39, 0.29) is 28.7 Å². The number of nitro groups is 1. The number of nitrogens with zero attached hydrogens (tertiary/aromatic N) is 1. The topological polar surface area (TPSA) is 101 Å².